The van der Waals surface area contributed by atoms with Crippen LogP contribution in [0, 0.1) is 5.41 Å². The predicted octanol–water partition coefficient (Wildman–Crippen LogP) is 3.84. The minimum absolute atomic E-state index is 0.573. The Balaban J connectivity index is 4.72. The molecule has 3 heteroatoms. The molecule has 0 aromatic rings. The zero-order chi connectivity index (χ0) is 11.0. The quantitative estimate of drug-likeness (QED) is 0.496. The van der Waals surface area contributed by atoms with Crippen LogP contribution in [-0.2, 0) is 0 Å². The maximum Gasteiger partial charge on any atom is 0.0946 e. The number of hydrogen-bond donors (Lipinski definition) is 2. The van der Waals surface area contributed by atoms with E-state index in [4.69, 9.17) is 5.41 Å². The Bertz CT molecular complexity index is 242. The van der Waals surface area contributed by atoms with Crippen LogP contribution in [0.4, 0.5) is 0 Å². The molecule has 80 valence electrons. The van der Waals surface area contributed by atoms with Crippen molar-refractivity contribution in [2.24, 2.45) is 4.40 Å². The second kappa shape index (κ2) is 7.80. The summed E-state index contributed by atoms with van der Waals surface area (Å²) in [5.41, 5.74) is 2.48. The van der Waals surface area contributed by atoms with E-state index < -0.39 is 0 Å². The maximum atomic E-state index is 7.74. The van der Waals surface area contributed by atoms with E-state index in [9.17, 15) is 0 Å². The second-order valence-electron chi connectivity index (χ2n) is 3.15. The number of nitrogens with one attached hydrogen (secondary N) is 1. The minimum atomic E-state index is 0.573. The lowest BCUT2D eigenvalue weighted by atomic mass is 10.0. The Hall–Kier alpha value is -0.570. The molecule has 0 bridgehead atoms. The molecular formula is C11H20N2S. The molecule has 0 aromatic carbocycles. The van der Waals surface area contributed by atoms with E-state index >= 15 is 0 Å². The fourth-order valence-corrected chi connectivity index (χ4v) is 1.46. The van der Waals surface area contributed by atoms with Crippen molar-refractivity contribution in [2.45, 2.75) is 46.5 Å². The molecule has 0 unspecified atom stereocenters. The molecule has 0 saturated carbocycles. The molecular weight excluding hydrogens is 192 g/mol. The summed E-state index contributed by atoms with van der Waals surface area (Å²) in [6.45, 7) is 6.20. The molecule has 0 spiro atoms. The number of allylic oxidation sites excluding steroid dienone is 2. The van der Waals surface area contributed by atoms with Crippen LogP contribution in [0.1, 0.15) is 46.5 Å². The first kappa shape index (κ1) is 13.4. The Morgan fingerprint density at radius 2 is 1.93 bits per heavy atom. The van der Waals surface area contributed by atoms with Gasteiger partial charge in [-0.2, -0.15) is 0 Å². The molecule has 0 radical (unpaired) electrons. The average Bonchev–Trinajstić information content (AvgIpc) is 2.23. The van der Waals surface area contributed by atoms with E-state index in [1.165, 1.54) is 0 Å². The van der Waals surface area contributed by atoms with Crippen molar-refractivity contribution in [3.63, 3.8) is 0 Å². The van der Waals surface area contributed by atoms with E-state index in [1.54, 1.807) is 0 Å². The summed E-state index contributed by atoms with van der Waals surface area (Å²) in [6.07, 6.45) is 5.97. The average molecular weight is 212 g/mol. The van der Waals surface area contributed by atoms with Crippen LogP contribution >= 0.6 is 12.8 Å². The Labute approximate surface area is 92.6 Å². The number of unbranched alkanes of at least 4 members (excludes halogenated alkanes) is 1. The highest BCUT2D eigenvalue weighted by atomic mass is 32.1. The van der Waals surface area contributed by atoms with Crippen LogP contribution in [-0.4, -0.2) is 11.4 Å². The summed E-state index contributed by atoms with van der Waals surface area (Å²) >= 11 is 3.93. The highest BCUT2D eigenvalue weighted by Crippen LogP contribution is 2.10. The molecule has 0 rings (SSSR count). The maximum absolute atomic E-state index is 7.74. The van der Waals surface area contributed by atoms with E-state index in [0.717, 1.165) is 30.5 Å². The monoisotopic (exact) mass is 212 g/mol. The number of nitrogens with zero attached hydrogens (tertiary/aromatic N) is 1. The van der Waals surface area contributed by atoms with Gasteiger partial charge >= 0.3 is 0 Å². The van der Waals surface area contributed by atoms with E-state index in [2.05, 4.69) is 37.1 Å². The first-order valence-corrected chi connectivity index (χ1v) is 5.60. The van der Waals surface area contributed by atoms with Crippen molar-refractivity contribution >= 4 is 24.2 Å². The summed E-state index contributed by atoms with van der Waals surface area (Å²) in [5.74, 6) is 0. The summed E-state index contributed by atoms with van der Waals surface area (Å²) < 4.78 is 3.90. The van der Waals surface area contributed by atoms with Crippen LogP contribution in [0.5, 0.6) is 0 Å². The largest absolute Gasteiger partial charge is 0.303 e. The Morgan fingerprint density at radius 1 is 1.29 bits per heavy atom. The van der Waals surface area contributed by atoms with E-state index in [-0.39, 0.29) is 0 Å². The lowest BCUT2D eigenvalue weighted by Crippen LogP contribution is -2.14. The van der Waals surface area contributed by atoms with Gasteiger partial charge in [-0.25, -0.2) is 4.40 Å². The van der Waals surface area contributed by atoms with Gasteiger partial charge in [0.2, 0.25) is 0 Å². The molecule has 0 aliphatic rings. The van der Waals surface area contributed by atoms with Gasteiger partial charge in [0.15, 0.2) is 0 Å². The van der Waals surface area contributed by atoms with Gasteiger partial charge in [0, 0.05) is 0 Å². The molecule has 2 nitrogen and oxygen atoms in total. The normalized spacial score (nSPS) is 13.1. The Kier molecular flexibility index (Phi) is 7.48. The molecule has 14 heavy (non-hydrogen) atoms. The summed E-state index contributed by atoms with van der Waals surface area (Å²) in [4.78, 5) is 0. The first-order chi connectivity index (χ1) is 6.71. The molecule has 0 amide bonds. The molecule has 0 fully saturated rings. The van der Waals surface area contributed by atoms with Gasteiger partial charge in [-0.05, 0) is 37.7 Å². The smallest absolute Gasteiger partial charge is 0.0946 e. The van der Waals surface area contributed by atoms with Gasteiger partial charge in [0.05, 0.1) is 11.4 Å². The summed E-state index contributed by atoms with van der Waals surface area (Å²) in [5, 5.41) is 7.74. The third kappa shape index (κ3) is 4.09. The highest BCUT2D eigenvalue weighted by molar-refractivity contribution is 7.79. The third-order valence-electron chi connectivity index (χ3n) is 2.10. The van der Waals surface area contributed by atoms with Gasteiger partial charge < -0.3 is 5.41 Å². The highest BCUT2D eigenvalue weighted by Gasteiger charge is 2.08. The van der Waals surface area contributed by atoms with Gasteiger partial charge in [-0.15, -0.1) is 0 Å². The molecule has 1 N–H and O–H groups in total. The van der Waals surface area contributed by atoms with Crippen molar-refractivity contribution in [3.05, 3.63) is 11.6 Å². The van der Waals surface area contributed by atoms with Crippen molar-refractivity contribution in [2.75, 3.05) is 0 Å². The lowest BCUT2D eigenvalue weighted by Gasteiger charge is -2.08. The Morgan fingerprint density at radius 3 is 2.29 bits per heavy atom. The number of hydrogen-bond acceptors (Lipinski definition) is 3. The minimum Gasteiger partial charge on any atom is -0.303 e. The van der Waals surface area contributed by atoms with Gasteiger partial charge in [-0.3, -0.25) is 0 Å². The molecule has 0 saturated heterocycles. The van der Waals surface area contributed by atoms with Crippen molar-refractivity contribution in [3.8, 4) is 0 Å². The number of thiol groups is 1. The van der Waals surface area contributed by atoms with Crippen molar-refractivity contribution in [1.29, 1.82) is 5.41 Å². The van der Waals surface area contributed by atoms with Gasteiger partial charge in [-0.1, -0.05) is 33.3 Å². The van der Waals surface area contributed by atoms with Crippen LogP contribution in [0.3, 0.4) is 0 Å². The van der Waals surface area contributed by atoms with Gasteiger partial charge in [0.1, 0.15) is 0 Å². The number of rotatable bonds is 6. The van der Waals surface area contributed by atoms with Gasteiger partial charge in [0.25, 0.3) is 0 Å². The summed E-state index contributed by atoms with van der Waals surface area (Å²) in [6, 6.07) is 0. The zero-order valence-corrected chi connectivity index (χ0v) is 10.2. The van der Waals surface area contributed by atoms with Crippen LogP contribution < -0.4 is 0 Å². The van der Waals surface area contributed by atoms with Crippen LogP contribution in [0.25, 0.3) is 0 Å². The third-order valence-corrected chi connectivity index (χ3v) is 2.30. The van der Waals surface area contributed by atoms with Crippen LogP contribution in [0.2, 0.25) is 0 Å². The van der Waals surface area contributed by atoms with E-state index in [0.29, 0.717) is 12.1 Å². The van der Waals surface area contributed by atoms with Crippen molar-refractivity contribution < 1.29 is 0 Å². The fraction of sp³-hybridized carbons (Fsp3) is 0.636. The predicted molar refractivity (Wildman–Crippen MR) is 67.7 cm³/mol. The van der Waals surface area contributed by atoms with E-state index in [1.807, 2.05) is 6.92 Å². The van der Waals surface area contributed by atoms with Crippen molar-refractivity contribution in [1.82, 2.24) is 0 Å². The lowest BCUT2D eigenvalue weighted by molar-refractivity contribution is 0.945. The molecule has 0 aliphatic carbocycles. The van der Waals surface area contributed by atoms with Crippen LogP contribution in [0.15, 0.2) is 16.0 Å². The SMILES string of the molecule is CCC/C=C(CC)/C(=N/S)C(=N)CC. The summed E-state index contributed by atoms with van der Waals surface area (Å²) in [7, 11) is 0. The molecule has 0 atom stereocenters. The fourth-order valence-electron chi connectivity index (χ4n) is 1.21. The molecule has 0 aromatic heterocycles. The topological polar surface area (TPSA) is 36.2 Å². The molecule has 0 heterocycles. The zero-order valence-electron chi connectivity index (χ0n) is 9.30. The molecule has 0 aliphatic heterocycles. The second-order valence-corrected chi connectivity index (χ2v) is 3.35. The first-order valence-electron chi connectivity index (χ1n) is 5.20. The standard InChI is InChI=1S/C11H20N2S/c1-4-7-8-9(5-2)11(13-14)10(12)6-3/h8,12,14H,4-7H2,1-3H3/b9-8+,12-10?,13-11-.